The summed E-state index contributed by atoms with van der Waals surface area (Å²) in [6.07, 6.45) is 6.61. The fourth-order valence-corrected chi connectivity index (χ4v) is 2.47. The van der Waals surface area contributed by atoms with E-state index in [1.807, 2.05) is 0 Å². The van der Waals surface area contributed by atoms with E-state index in [2.05, 4.69) is 19.2 Å². The van der Waals surface area contributed by atoms with E-state index in [-0.39, 0.29) is 0 Å². The van der Waals surface area contributed by atoms with Gasteiger partial charge in [-0.05, 0) is 43.6 Å². The molecule has 0 amide bonds. The summed E-state index contributed by atoms with van der Waals surface area (Å²) in [5.74, 6) is 1.65. The Morgan fingerprint density at radius 1 is 1.43 bits per heavy atom. The van der Waals surface area contributed by atoms with Crippen LogP contribution in [-0.4, -0.2) is 19.0 Å². The van der Waals surface area contributed by atoms with E-state index in [9.17, 15) is 0 Å². The number of hydrogen-bond acceptors (Lipinski definition) is 1. The van der Waals surface area contributed by atoms with Gasteiger partial charge < -0.3 is 5.32 Å². The lowest BCUT2D eigenvalue weighted by Gasteiger charge is -2.17. The molecule has 1 saturated carbocycles. The van der Waals surface area contributed by atoms with Crippen LogP contribution in [0.15, 0.2) is 0 Å². The minimum absolute atomic E-state index is 0.591. The maximum absolute atomic E-state index is 5.79. The molecule has 0 aromatic heterocycles. The number of hydrogen-bond donors (Lipinski definition) is 1. The van der Waals surface area contributed by atoms with Crippen LogP contribution in [0.2, 0.25) is 0 Å². The molecule has 84 valence electrons. The van der Waals surface area contributed by atoms with Gasteiger partial charge in [0.15, 0.2) is 0 Å². The number of alkyl halides is 1. The summed E-state index contributed by atoms with van der Waals surface area (Å²) in [6.45, 7) is 6.95. The SMILES string of the molecule is CCCC(C)CNCC1(CCCl)CC1. The molecule has 0 radical (unpaired) electrons. The fraction of sp³-hybridized carbons (Fsp3) is 1.00. The third-order valence-electron chi connectivity index (χ3n) is 3.36. The van der Waals surface area contributed by atoms with Crippen LogP contribution in [0.5, 0.6) is 0 Å². The molecule has 0 aromatic carbocycles. The maximum Gasteiger partial charge on any atom is 0.0229 e. The fourth-order valence-electron chi connectivity index (χ4n) is 2.07. The summed E-state index contributed by atoms with van der Waals surface area (Å²) in [5, 5.41) is 3.60. The highest BCUT2D eigenvalue weighted by Gasteiger charge is 2.41. The van der Waals surface area contributed by atoms with Crippen molar-refractivity contribution in [2.75, 3.05) is 19.0 Å². The third-order valence-corrected chi connectivity index (χ3v) is 3.55. The van der Waals surface area contributed by atoms with Crippen LogP contribution in [0.25, 0.3) is 0 Å². The molecule has 0 aliphatic heterocycles. The molecule has 2 heteroatoms. The van der Waals surface area contributed by atoms with Crippen LogP contribution in [-0.2, 0) is 0 Å². The van der Waals surface area contributed by atoms with Crippen molar-refractivity contribution >= 4 is 11.6 Å². The molecular formula is C12H24ClN. The van der Waals surface area contributed by atoms with Gasteiger partial charge in [-0.15, -0.1) is 11.6 Å². The van der Waals surface area contributed by atoms with Crippen LogP contribution >= 0.6 is 11.6 Å². The van der Waals surface area contributed by atoms with Gasteiger partial charge >= 0.3 is 0 Å². The van der Waals surface area contributed by atoms with Gasteiger partial charge in [-0.1, -0.05) is 20.3 Å². The summed E-state index contributed by atoms with van der Waals surface area (Å²) in [7, 11) is 0. The van der Waals surface area contributed by atoms with Crippen LogP contribution in [0.3, 0.4) is 0 Å². The summed E-state index contributed by atoms with van der Waals surface area (Å²) in [4.78, 5) is 0. The lowest BCUT2D eigenvalue weighted by atomic mass is 10.0. The molecule has 1 nitrogen and oxygen atoms in total. The molecule has 1 rings (SSSR count). The van der Waals surface area contributed by atoms with E-state index in [0.29, 0.717) is 5.41 Å². The molecule has 0 saturated heterocycles. The number of nitrogens with one attached hydrogen (secondary N) is 1. The first-order valence-electron chi connectivity index (χ1n) is 5.99. The summed E-state index contributed by atoms with van der Waals surface area (Å²) >= 11 is 5.79. The van der Waals surface area contributed by atoms with Crippen LogP contribution in [0, 0.1) is 11.3 Å². The predicted octanol–water partition coefficient (Wildman–Crippen LogP) is 3.42. The van der Waals surface area contributed by atoms with Crippen LogP contribution in [0.4, 0.5) is 0 Å². The Labute approximate surface area is 93.6 Å². The Bertz CT molecular complexity index is 154. The molecule has 1 N–H and O–H groups in total. The molecule has 0 heterocycles. The zero-order chi connectivity index (χ0) is 10.4. The summed E-state index contributed by atoms with van der Waals surface area (Å²) in [6, 6.07) is 0. The van der Waals surface area contributed by atoms with Gasteiger partial charge in [-0.25, -0.2) is 0 Å². The molecular weight excluding hydrogens is 194 g/mol. The second-order valence-electron chi connectivity index (χ2n) is 4.96. The highest BCUT2D eigenvalue weighted by molar-refractivity contribution is 6.17. The van der Waals surface area contributed by atoms with E-state index in [1.165, 1.54) is 45.2 Å². The van der Waals surface area contributed by atoms with Crippen molar-refractivity contribution in [1.29, 1.82) is 0 Å². The molecule has 0 bridgehead atoms. The highest BCUT2D eigenvalue weighted by Crippen LogP contribution is 2.48. The Kier molecular flexibility index (Phi) is 5.25. The van der Waals surface area contributed by atoms with Crippen molar-refractivity contribution in [2.24, 2.45) is 11.3 Å². The first-order chi connectivity index (χ1) is 6.72. The minimum Gasteiger partial charge on any atom is -0.316 e. The predicted molar refractivity (Wildman–Crippen MR) is 63.9 cm³/mol. The minimum atomic E-state index is 0.591. The molecule has 1 atom stereocenters. The Balaban J connectivity index is 2.03. The van der Waals surface area contributed by atoms with E-state index in [1.54, 1.807) is 0 Å². The first-order valence-corrected chi connectivity index (χ1v) is 6.52. The van der Waals surface area contributed by atoms with Gasteiger partial charge in [-0.3, -0.25) is 0 Å². The second kappa shape index (κ2) is 5.97. The van der Waals surface area contributed by atoms with E-state index < -0.39 is 0 Å². The van der Waals surface area contributed by atoms with E-state index in [4.69, 9.17) is 11.6 Å². The Morgan fingerprint density at radius 2 is 2.14 bits per heavy atom. The molecule has 1 aliphatic carbocycles. The summed E-state index contributed by atoms with van der Waals surface area (Å²) in [5.41, 5.74) is 0.591. The molecule has 0 aromatic rings. The van der Waals surface area contributed by atoms with Gasteiger partial charge in [-0.2, -0.15) is 0 Å². The standard InChI is InChI=1S/C12H24ClN/c1-3-4-11(2)9-14-10-12(5-6-12)7-8-13/h11,14H,3-10H2,1-2H3. The highest BCUT2D eigenvalue weighted by atomic mass is 35.5. The van der Waals surface area contributed by atoms with Gasteiger partial charge in [0.1, 0.15) is 0 Å². The molecule has 14 heavy (non-hydrogen) atoms. The monoisotopic (exact) mass is 217 g/mol. The number of halogens is 1. The van der Waals surface area contributed by atoms with Crippen LogP contribution in [0.1, 0.15) is 46.0 Å². The third kappa shape index (κ3) is 4.18. The topological polar surface area (TPSA) is 12.0 Å². The average molecular weight is 218 g/mol. The smallest absolute Gasteiger partial charge is 0.0229 e. The Morgan fingerprint density at radius 3 is 2.64 bits per heavy atom. The lowest BCUT2D eigenvalue weighted by Crippen LogP contribution is -2.28. The number of rotatable bonds is 8. The van der Waals surface area contributed by atoms with E-state index >= 15 is 0 Å². The second-order valence-corrected chi connectivity index (χ2v) is 5.34. The van der Waals surface area contributed by atoms with Crippen molar-refractivity contribution < 1.29 is 0 Å². The van der Waals surface area contributed by atoms with Gasteiger partial charge in [0.2, 0.25) is 0 Å². The average Bonchev–Trinajstić information content (AvgIpc) is 2.86. The Hall–Kier alpha value is 0.250. The molecule has 1 aliphatic rings. The van der Waals surface area contributed by atoms with Gasteiger partial charge in [0, 0.05) is 12.4 Å². The van der Waals surface area contributed by atoms with Crippen molar-refractivity contribution in [2.45, 2.75) is 46.0 Å². The summed E-state index contributed by atoms with van der Waals surface area (Å²) < 4.78 is 0. The lowest BCUT2D eigenvalue weighted by molar-refractivity contribution is 0.404. The van der Waals surface area contributed by atoms with Gasteiger partial charge in [0.05, 0.1) is 0 Å². The van der Waals surface area contributed by atoms with Crippen molar-refractivity contribution in [1.82, 2.24) is 5.32 Å². The van der Waals surface area contributed by atoms with Crippen molar-refractivity contribution in [3.63, 3.8) is 0 Å². The largest absolute Gasteiger partial charge is 0.316 e. The van der Waals surface area contributed by atoms with Crippen molar-refractivity contribution in [3.8, 4) is 0 Å². The zero-order valence-corrected chi connectivity index (χ0v) is 10.4. The quantitative estimate of drug-likeness (QED) is 0.615. The van der Waals surface area contributed by atoms with Crippen molar-refractivity contribution in [3.05, 3.63) is 0 Å². The molecule has 0 spiro atoms. The molecule has 1 fully saturated rings. The maximum atomic E-state index is 5.79. The van der Waals surface area contributed by atoms with E-state index in [0.717, 1.165) is 11.8 Å². The first kappa shape index (κ1) is 12.3. The van der Waals surface area contributed by atoms with Gasteiger partial charge in [0.25, 0.3) is 0 Å². The zero-order valence-electron chi connectivity index (χ0n) is 9.61. The molecule has 1 unspecified atom stereocenters. The van der Waals surface area contributed by atoms with Crippen LogP contribution < -0.4 is 5.32 Å². The normalized spacial score (nSPS) is 20.8.